The van der Waals surface area contributed by atoms with Crippen LogP contribution in [0.25, 0.3) is 10.8 Å². The second-order valence-corrected chi connectivity index (χ2v) is 6.57. The summed E-state index contributed by atoms with van der Waals surface area (Å²) in [6, 6.07) is 7.83. The normalized spacial score (nSPS) is 18.1. The Morgan fingerprint density at radius 1 is 1.35 bits per heavy atom. The van der Waals surface area contributed by atoms with Crippen LogP contribution in [0.2, 0.25) is 0 Å². The van der Waals surface area contributed by atoms with Gasteiger partial charge in [0.25, 0.3) is 0 Å². The number of carbonyl (C=O) groups excluding carboxylic acids is 2. The lowest BCUT2D eigenvalue weighted by molar-refractivity contribution is -0.132. The SMILES string of the molecule is NC(=O)C1CCCN(C(=O)CSc2nncc3ccccc23)C1. The minimum Gasteiger partial charge on any atom is -0.369 e. The number of aromatic nitrogens is 2. The van der Waals surface area contributed by atoms with Crippen LogP contribution in [0.15, 0.2) is 35.5 Å². The van der Waals surface area contributed by atoms with Gasteiger partial charge in [-0.1, -0.05) is 36.0 Å². The van der Waals surface area contributed by atoms with Gasteiger partial charge in [-0.2, -0.15) is 5.10 Å². The third-order valence-corrected chi connectivity index (χ3v) is 5.01. The number of hydrogen-bond donors (Lipinski definition) is 1. The summed E-state index contributed by atoms with van der Waals surface area (Å²) >= 11 is 1.38. The molecule has 1 unspecified atom stereocenters. The molecule has 2 aromatic rings. The monoisotopic (exact) mass is 330 g/mol. The highest BCUT2D eigenvalue weighted by molar-refractivity contribution is 8.00. The lowest BCUT2D eigenvalue weighted by atomic mass is 9.97. The molecule has 0 spiro atoms. The fraction of sp³-hybridized carbons (Fsp3) is 0.375. The van der Waals surface area contributed by atoms with E-state index in [1.165, 1.54) is 11.8 Å². The van der Waals surface area contributed by atoms with Crippen LogP contribution in [0.5, 0.6) is 0 Å². The summed E-state index contributed by atoms with van der Waals surface area (Å²) in [5.74, 6) is -0.255. The number of piperidine rings is 1. The molecule has 1 fully saturated rings. The van der Waals surface area contributed by atoms with Crippen molar-refractivity contribution in [2.45, 2.75) is 17.9 Å². The summed E-state index contributed by atoms with van der Waals surface area (Å²) in [7, 11) is 0. The predicted octanol–water partition coefficient (Wildman–Crippen LogP) is 1.45. The molecule has 0 bridgehead atoms. The fourth-order valence-corrected chi connectivity index (χ4v) is 3.65. The number of fused-ring (bicyclic) bond motifs is 1. The van der Waals surface area contributed by atoms with E-state index in [-0.39, 0.29) is 23.5 Å². The molecule has 3 rings (SSSR count). The highest BCUT2D eigenvalue weighted by Crippen LogP contribution is 2.25. The van der Waals surface area contributed by atoms with Crippen molar-refractivity contribution in [3.05, 3.63) is 30.5 Å². The van der Waals surface area contributed by atoms with Crippen LogP contribution in [0, 0.1) is 5.92 Å². The van der Waals surface area contributed by atoms with Crippen molar-refractivity contribution in [3.63, 3.8) is 0 Å². The van der Waals surface area contributed by atoms with E-state index in [1.807, 2.05) is 24.3 Å². The van der Waals surface area contributed by atoms with Crippen molar-refractivity contribution in [1.82, 2.24) is 15.1 Å². The van der Waals surface area contributed by atoms with Gasteiger partial charge in [-0.05, 0) is 12.8 Å². The average molecular weight is 330 g/mol. The smallest absolute Gasteiger partial charge is 0.233 e. The van der Waals surface area contributed by atoms with E-state index < -0.39 is 0 Å². The van der Waals surface area contributed by atoms with Crippen LogP contribution in [0.4, 0.5) is 0 Å². The first-order chi connectivity index (χ1) is 11.1. The Bertz CT molecular complexity index is 732. The maximum atomic E-state index is 12.4. The number of nitrogens with two attached hydrogens (primary N) is 1. The molecule has 1 aromatic heterocycles. The quantitative estimate of drug-likeness (QED) is 0.857. The van der Waals surface area contributed by atoms with E-state index in [0.29, 0.717) is 13.1 Å². The molecular formula is C16H18N4O2S. The summed E-state index contributed by atoms with van der Waals surface area (Å²) in [6.07, 6.45) is 3.29. The highest BCUT2D eigenvalue weighted by atomic mass is 32.2. The van der Waals surface area contributed by atoms with Crippen molar-refractivity contribution in [2.75, 3.05) is 18.8 Å². The Hall–Kier alpha value is -2.15. The van der Waals surface area contributed by atoms with Gasteiger partial charge in [-0.25, -0.2) is 0 Å². The second kappa shape index (κ2) is 6.95. The standard InChI is InChI=1S/C16H18N4O2S/c17-15(22)12-5-3-7-20(9-12)14(21)10-23-16-13-6-2-1-4-11(13)8-18-19-16/h1-2,4,6,8,12H,3,5,7,9-10H2,(H2,17,22). The average Bonchev–Trinajstić information content (AvgIpc) is 2.59. The molecule has 120 valence electrons. The van der Waals surface area contributed by atoms with E-state index in [0.717, 1.165) is 28.6 Å². The topological polar surface area (TPSA) is 89.2 Å². The van der Waals surface area contributed by atoms with Gasteiger partial charge in [0.15, 0.2) is 0 Å². The molecule has 2 amide bonds. The van der Waals surface area contributed by atoms with Crippen molar-refractivity contribution >= 4 is 34.3 Å². The van der Waals surface area contributed by atoms with Crippen LogP contribution < -0.4 is 5.73 Å². The van der Waals surface area contributed by atoms with Gasteiger partial charge in [0.1, 0.15) is 5.03 Å². The van der Waals surface area contributed by atoms with Gasteiger partial charge in [0.2, 0.25) is 11.8 Å². The third kappa shape index (κ3) is 3.61. The number of thioether (sulfide) groups is 1. The molecule has 2 heterocycles. The second-order valence-electron chi connectivity index (χ2n) is 5.61. The Kier molecular flexibility index (Phi) is 4.76. The van der Waals surface area contributed by atoms with Crippen LogP contribution in [0.3, 0.4) is 0 Å². The van der Waals surface area contributed by atoms with Gasteiger partial charge in [-0.3, -0.25) is 9.59 Å². The zero-order valence-electron chi connectivity index (χ0n) is 12.6. The Morgan fingerprint density at radius 3 is 3.00 bits per heavy atom. The van der Waals surface area contributed by atoms with E-state index >= 15 is 0 Å². The molecule has 1 saturated heterocycles. The lowest BCUT2D eigenvalue weighted by Gasteiger charge is -2.31. The Labute approximate surface area is 138 Å². The van der Waals surface area contributed by atoms with Crippen molar-refractivity contribution in [1.29, 1.82) is 0 Å². The Morgan fingerprint density at radius 2 is 2.17 bits per heavy atom. The summed E-state index contributed by atoms with van der Waals surface area (Å²) < 4.78 is 0. The molecule has 6 nitrogen and oxygen atoms in total. The molecule has 23 heavy (non-hydrogen) atoms. The largest absolute Gasteiger partial charge is 0.369 e. The molecule has 0 radical (unpaired) electrons. The zero-order valence-corrected chi connectivity index (χ0v) is 13.5. The van der Waals surface area contributed by atoms with E-state index in [9.17, 15) is 9.59 Å². The number of nitrogens with zero attached hydrogens (tertiary/aromatic N) is 3. The van der Waals surface area contributed by atoms with E-state index in [1.54, 1.807) is 11.1 Å². The predicted molar refractivity (Wildman–Crippen MR) is 88.8 cm³/mol. The van der Waals surface area contributed by atoms with Gasteiger partial charge in [0.05, 0.1) is 17.9 Å². The maximum Gasteiger partial charge on any atom is 0.233 e. The number of hydrogen-bond acceptors (Lipinski definition) is 5. The van der Waals surface area contributed by atoms with E-state index in [4.69, 9.17) is 5.73 Å². The summed E-state index contributed by atoms with van der Waals surface area (Å²) in [6.45, 7) is 1.11. The van der Waals surface area contributed by atoms with Crippen LogP contribution >= 0.6 is 11.8 Å². The maximum absolute atomic E-state index is 12.4. The molecule has 7 heteroatoms. The zero-order chi connectivity index (χ0) is 16.2. The number of primary amides is 1. The molecule has 1 aliphatic rings. The van der Waals surface area contributed by atoms with E-state index in [2.05, 4.69) is 10.2 Å². The molecule has 2 N–H and O–H groups in total. The first kappa shape index (κ1) is 15.7. The summed E-state index contributed by atoms with van der Waals surface area (Å²) in [5, 5.41) is 10.9. The Balaban J connectivity index is 1.65. The van der Waals surface area contributed by atoms with Gasteiger partial charge in [0, 0.05) is 23.9 Å². The summed E-state index contributed by atoms with van der Waals surface area (Å²) in [4.78, 5) is 25.4. The van der Waals surface area contributed by atoms with Gasteiger partial charge in [-0.15, -0.1) is 5.10 Å². The van der Waals surface area contributed by atoms with Crippen molar-refractivity contribution in [3.8, 4) is 0 Å². The first-order valence-electron chi connectivity index (χ1n) is 7.55. The first-order valence-corrected chi connectivity index (χ1v) is 8.54. The molecule has 0 aliphatic carbocycles. The van der Waals surface area contributed by atoms with Crippen molar-refractivity contribution < 1.29 is 9.59 Å². The minimum absolute atomic E-state index is 0.00989. The minimum atomic E-state index is -0.324. The molecule has 1 aliphatic heterocycles. The highest BCUT2D eigenvalue weighted by Gasteiger charge is 2.26. The number of likely N-dealkylation sites (tertiary alicyclic amines) is 1. The fourth-order valence-electron chi connectivity index (χ4n) is 2.77. The third-order valence-electron chi connectivity index (χ3n) is 4.05. The number of benzene rings is 1. The summed E-state index contributed by atoms with van der Waals surface area (Å²) in [5.41, 5.74) is 5.36. The number of amides is 2. The number of rotatable bonds is 4. The molecule has 1 aromatic carbocycles. The van der Waals surface area contributed by atoms with Crippen LogP contribution in [0.1, 0.15) is 12.8 Å². The molecule has 1 atom stereocenters. The molecular weight excluding hydrogens is 312 g/mol. The van der Waals surface area contributed by atoms with Crippen LogP contribution in [-0.2, 0) is 9.59 Å². The van der Waals surface area contributed by atoms with Crippen molar-refractivity contribution in [2.24, 2.45) is 11.7 Å². The van der Waals surface area contributed by atoms with Crippen LogP contribution in [-0.4, -0.2) is 45.8 Å². The lowest BCUT2D eigenvalue weighted by Crippen LogP contribution is -2.44. The van der Waals surface area contributed by atoms with Gasteiger partial charge < -0.3 is 10.6 Å². The van der Waals surface area contributed by atoms with Gasteiger partial charge >= 0.3 is 0 Å². The number of carbonyl (C=O) groups is 2. The molecule has 0 saturated carbocycles.